The zero-order chi connectivity index (χ0) is 13.8. The highest BCUT2D eigenvalue weighted by atomic mass is 79.9. The molecule has 1 nitrogen and oxygen atoms in total. The van der Waals surface area contributed by atoms with Crippen molar-refractivity contribution in [2.24, 2.45) is 0 Å². The van der Waals surface area contributed by atoms with Gasteiger partial charge in [0.25, 0.3) is 0 Å². The van der Waals surface area contributed by atoms with Crippen molar-refractivity contribution < 1.29 is 8.78 Å². The lowest BCUT2D eigenvalue weighted by Crippen LogP contribution is -2.21. The standard InChI is InChI=1S/C15H18BrF2N/c1-19-15(10-6-4-2-3-5-7-10)14-12(17)8-11(16)9-13(14)18/h6,8-9,15,19H,2-5,7H2,1H3. The number of nitrogens with one attached hydrogen (secondary N) is 1. The highest BCUT2D eigenvalue weighted by molar-refractivity contribution is 9.10. The van der Waals surface area contributed by atoms with Crippen LogP contribution in [0, 0.1) is 11.6 Å². The Balaban J connectivity index is 2.39. The van der Waals surface area contributed by atoms with E-state index in [1.165, 1.54) is 18.6 Å². The number of hydrogen-bond acceptors (Lipinski definition) is 1. The maximum Gasteiger partial charge on any atom is 0.132 e. The molecule has 0 saturated heterocycles. The van der Waals surface area contributed by atoms with E-state index in [4.69, 9.17) is 0 Å². The lowest BCUT2D eigenvalue weighted by molar-refractivity contribution is 0.510. The number of halogens is 3. The molecule has 4 heteroatoms. The van der Waals surface area contributed by atoms with Gasteiger partial charge in [-0.2, -0.15) is 0 Å². The van der Waals surface area contributed by atoms with E-state index in [-0.39, 0.29) is 11.6 Å². The second-order valence-corrected chi connectivity index (χ2v) is 5.80. The monoisotopic (exact) mass is 329 g/mol. The second kappa shape index (κ2) is 6.62. The lowest BCUT2D eigenvalue weighted by Gasteiger charge is -2.21. The van der Waals surface area contributed by atoms with Gasteiger partial charge >= 0.3 is 0 Å². The average molecular weight is 330 g/mol. The Kier molecular flexibility index (Phi) is 5.11. The highest BCUT2D eigenvalue weighted by Crippen LogP contribution is 2.33. The predicted molar refractivity (Wildman–Crippen MR) is 77.0 cm³/mol. The van der Waals surface area contributed by atoms with Crippen LogP contribution in [0.1, 0.15) is 43.7 Å². The number of hydrogen-bond donors (Lipinski definition) is 1. The van der Waals surface area contributed by atoms with Crippen molar-refractivity contribution in [3.63, 3.8) is 0 Å². The summed E-state index contributed by atoms with van der Waals surface area (Å²) in [6.07, 6.45) is 7.46. The molecule has 1 aromatic carbocycles. The van der Waals surface area contributed by atoms with Crippen LogP contribution in [0.25, 0.3) is 0 Å². The van der Waals surface area contributed by atoms with Gasteiger partial charge in [0.1, 0.15) is 11.6 Å². The van der Waals surface area contributed by atoms with E-state index in [1.807, 2.05) is 0 Å². The van der Waals surface area contributed by atoms with Crippen LogP contribution in [0.15, 0.2) is 28.3 Å². The first-order chi connectivity index (χ1) is 9.13. The van der Waals surface area contributed by atoms with E-state index in [2.05, 4.69) is 27.3 Å². The molecule has 19 heavy (non-hydrogen) atoms. The molecule has 0 radical (unpaired) electrons. The molecule has 0 aromatic heterocycles. The Morgan fingerprint density at radius 3 is 2.47 bits per heavy atom. The fourth-order valence-electron chi connectivity index (χ4n) is 2.65. The zero-order valence-corrected chi connectivity index (χ0v) is 12.6. The maximum absolute atomic E-state index is 14.1. The van der Waals surface area contributed by atoms with Gasteiger partial charge in [-0.05, 0) is 44.9 Å². The summed E-state index contributed by atoms with van der Waals surface area (Å²) < 4.78 is 28.6. The van der Waals surface area contributed by atoms with E-state index in [9.17, 15) is 8.78 Å². The third-order valence-electron chi connectivity index (χ3n) is 3.57. The van der Waals surface area contributed by atoms with Crippen molar-refractivity contribution in [2.75, 3.05) is 7.05 Å². The smallest absolute Gasteiger partial charge is 0.132 e. The first kappa shape index (κ1) is 14.7. The Labute approximate surface area is 121 Å². The van der Waals surface area contributed by atoms with Crippen LogP contribution < -0.4 is 5.32 Å². The number of benzene rings is 1. The minimum absolute atomic E-state index is 0.124. The molecule has 0 fully saturated rings. The summed E-state index contributed by atoms with van der Waals surface area (Å²) in [5.74, 6) is -1.01. The molecule has 1 unspecified atom stereocenters. The van der Waals surface area contributed by atoms with Gasteiger partial charge in [-0.25, -0.2) is 8.78 Å². The lowest BCUT2D eigenvalue weighted by atomic mass is 9.94. The first-order valence-electron chi connectivity index (χ1n) is 6.64. The van der Waals surface area contributed by atoms with Gasteiger partial charge in [0.05, 0.1) is 6.04 Å². The van der Waals surface area contributed by atoms with Gasteiger partial charge in [0, 0.05) is 10.0 Å². The molecule has 1 aromatic rings. The van der Waals surface area contributed by atoms with Crippen LogP contribution in [0.4, 0.5) is 8.78 Å². The Bertz CT molecular complexity index is 462. The quantitative estimate of drug-likeness (QED) is 0.779. The second-order valence-electron chi connectivity index (χ2n) is 4.88. The summed E-state index contributed by atoms with van der Waals surface area (Å²) in [4.78, 5) is 0. The Hall–Kier alpha value is -0.740. The molecule has 0 bridgehead atoms. The third-order valence-corrected chi connectivity index (χ3v) is 4.03. The average Bonchev–Trinajstić information content (AvgIpc) is 2.62. The molecule has 1 aliphatic carbocycles. The van der Waals surface area contributed by atoms with Crippen LogP contribution in [-0.2, 0) is 0 Å². The van der Waals surface area contributed by atoms with Crippen molar-refractivity contribution in [1.29, 1.82) is 0 Å². The summed E-state index contributed by atoms with van der Waals surface area (Å²) in [7, 11) is 1.75. The molecule has 0 spiro atoms. The molecular formula is C15H18BrF2N. The summed E-state index contributed by atoms with van der Waals surface area (Å²) in [6, 6.07) is 2.27. The third kappa shape index (κ3) is 3.42. The Morgan fingerprint density at radius 1 is 1.16 bits per heavy atom. The first-order valence-corrected chi connectivity index (χ1v) is 7.43. The van der Waals surface area contributed by atoms with Crippen molar-refractivity contribution in [3.05, 3.63) is 45.5 Å². The van der Waals surface area contributed by atoms with Crippen LogP contribution in [0.2, 0.25) is 0 Å². The summed E-state index contributed by atoms with van der Waals surface area (Å²) >= 11 is 3.11. The zero-order valence-electron chi connectivity index (χ0n) is 11.0. The predicted octanol–water partition coefficient (Wildman–Crippen LogP) is 4.88. The maximum atomic E-state index is 14.1. The van der Waals surface area contributed by atoms with Gasteiger partial charge in [-0.1, -0.05) is 34.0 Å². The van der Waals surface area contributed by atoms with Gasteiger partial charge < -0.3 is 5.32 Å². The van der Waals surface area contributed by atoms with E-state index in [1.54, 1.807) is 7.05 Å². The van der Waals surface area contributed by atoms with Gasteiger partial charge in [0.15, 0.2) is 0 Å². The summed E-state index contributed by atoms with van der Waals surface area (Å²) in [5, 5.41) is 3.05. The molecule has 0 saturated carbocycles. The van der Waals surface area contributed by atoms with E-state index < -0.39 is 11.6 Å². The molecule has 1 atom stereocenters. The molecule has 0 heterocycles. The van der Waals surface area contributed by atoms with E-state index in [0.717, 1.165) is 31.3 Å². The largest absolute Gasteiger partial charge is 0.309 e. The number of rotatable bonds is 3. The van der Waals surface area contributed by atoms with Crippen LogP contribution in [0.3, 0.4) is 0 Å². The molecule has 2 rings (SSSR count). The fourth-order valence-corrected chi connectivity index (χ4v) is 3.05. The molecule has 1 aliphatic rings. The van der Waals surface area contributed by atoms with Crippen molar-refractivity contribution in [3.8, 4) is 0 Å². The summed E-state index contributed by atoms with van der Waals surface area (Å²) in [5.41, 5.74) is 1.22. The highest BCUT2D eigenvalue weighted by Gasteiger charge is 2.23. The van der Waals surface area contributed by atoms with Crippen LogP contribution >= 0.6 is 15.9 Å². The van der Waals surface area contributed by atoms with Crippen molar-refractivity contribution >= 4 is 15.9 Å². The number of likely N-dealkylation sites (N-methyl/N-ethyl adjacent to an activating group) is 1. The van der Waals surface area contributed by atoms with Gasteiger partial charge in [-0.15, -0.1) is 0 Å². The summed E-state index contributed by atoms with van der Waals surface area (Å²) in [6.45, 7) is 0. The van der Waals surface area contributed by atoms with E-state index >= 15 is 0 Å². The van der Waals surface area contributed by atoms with Gasteiger partial charge in [-0.3, -0.25) is 0 Å². The molecule has 0 aliphatic heterocycles. The van der Waals surface area contributed by atoms with Gasteiger partial charge in [0.2, 0.25) is 0 Å². The Morgan fingerprint density at radius 2 is 1.84 bits per heavy atom. The van der Waals surface area contributed by atoms with Crippen molar-refractivity contribution in [2.45, 2.75) is 38.1 Å². The van der Waals surface area contributed by atoms with Crippen LogP contribution in [0.5, 0.6) is 0 Å². The molecule has 104 valence electrons. The molecule has 1 N–H and O–H groups in total. The topological polar surface area (TPSA) is 12.0 Å². The fraction of sp³-hybridized carbons (Fsp3) is 0.467. The minimum Gasteiger partial charge on any atom is -0.309 e. The molecule has 0 amide bonds. The van der Waals surface area contributed by atoms with E-state index in [0.29, 0.717) is 4.47 Å². The number of allylic oxidation sites excluding steroid dienone is 1. The van der Waals surface area contributed by atoms with Crippen LogP contribution in [-0.4, -0.2) is 7.05 Å². The molecular weight excluding hydrogens is 312 g/mol. The SMILES string of the molecule is CNC(C1=CCCCCC1)c1c(F)cc(Br)cc1F. The van der Waals surface area contributed by atoms with Crippen molar-refractivity contribution in [1.82, 2.24) is 5.32 Å². The minimum atomic E-state index is -0.503. The normalized spacial score (nSPS) is 17.8.